The Kier molecular flexibility index (Phi) is 5.22. The van der Waals surface area contributed by atoms with E-state index in [1.807, 2.05) is 37.3 Å². The number of ketones is 1. The molecule has 1 aromatic heterocycles. The van der Waals surface area contributed by atoms with Crippen LogP contribution in [0.4, 0.5) is 0 Å². The van der Waals surface area contributed by atoms with E-state index in [4.69, 9.17) is 4.74 Å². The van der Waals surface area contributed by atoms with Crippen LogP contribution in [-0.4, -0.2) is 28.1 Å². The summed E-state index contributed by atoms with van der Waals surface area (Å²) >= 11 is 0. The summed E-state index contributed by atoms with van der Waals surface area (Å²) in [5.74, 6) is -1.03. The fraction of sp³-hybridized carbons (Fsp3) is 0.200. The van der Waals surface area contributed by atoms with E-state index in [1.54, 1.807) is 12.1 Å². The van der Waals surface area contributed by atoms with Crippen LogP contribution in [0.1, 0.15) is 34.2 Å². The number of aryl methyl sites for hydroxylation is 1. The van der Waals surface area contributed by atoms with Crippen LogP contribution in [-0.2, 0) is 11.3 Å². The van der Waals surface area contributed by atoms with Crippen LogP contribution in [0.25, 0.3) is 10.8 Å². The van der Waals surface area contributed by atoms with Gasteiger partial charge in [0.15, 0.2) is 18.1 Å². The molecule has 3 aromatic rings. The monoisotopic (exact) mass is 350 g/mol. The average molecular weight is 350 g/mol. The predicted molar refractivity (Wildman–Crippen MR) is 97.3 cm³/mol. The number of esters is 1. The number of carbonyl (C=O) groups excluding carboxylic acids is 2. The number of carbonyl (C=O) groups is 2. The van der Waals surface area contributed by atoms with Crippen molar-refractivity contribution in [2.45, 2.75) is 19.9 Å². The number of ether oxygens (including phenoxy) is 1. The highest BCUT2D eigenvalue weighted by atomic mass is 16.5. The van der Waals surface area contributed by atoms with Crippen LogP contribution < -0.4 is 5.56 Å². The fourth-order valence-corrected chi connectivity index (χ4v) is 2.58. The first kappa shape index (κ1) is 17.5. The molecule has 1 heterocycles. The zero-order chi connectivity index (χ0) is 18.5. The topological polar surface area (TPSA) is 78.3 Å². The third kappa shape index (κ3) is 3.85. The lowest BCUT2D eigenvalue weighted by Crippen LogP contribution is -2.25. The van der Waals surface area contributed by atoms with Gasteiger partial charge < -0.3 is 4.74 Å². The van der Waals surface area contributed by atoms with Gasteiger partial charge in [0.2, 0.25) is 0 Å². The van der Waals surface area contributed by atoms with Crippen LogP contribution in [0.2, 0.25) is 0 Å². The maximum atomic E-state index is 12.3. The first-order chi connectivity index (χ1) is 12.6. The molecule has 0 saturated carbocycles. The van der Waals surface area contributed by atoms with Crippen molar-refractivity contribution in [1.82, 2.24) is 9.78 Å². The minimum Gasteiger partial charge on any atom is -0.453 e. The van der Waals surface area contributed by atoms with Gasteiger partial charge in [-0.15, -0.1) is 0 Å². The third-order valence-corrected chi connectivity index (χ3v) is 3.92. The molecular weight excluding hydrogens is 332 g/mol. The van der Waals surface area contributed by atoms with Crippen molar-refractivity contribution in [1.29, 1.82) is 0 Å². The molecule has 0 amide bonds. The van der Waals surface area contributed by atoms with E-state index in [2.05, 4.69) is 5.10 Å². The van der Waals surface area contributed by atoms with Crippen molar-refractivity contribution in [3.8, 4) is 0 Å². The number of aromatic nitrogens is 2. The number of benzene rings is 2. The van der Waals surface area contributed by atoms with E-state index in [0.29, 0.717) is 18.5 Å². The lowest BCUT2D eigenvalue weighted by molar-refractivity contribution is 0.0466. The van der Waals surface area contributed by atoms with E-state index in [1.165, 1.54) is 16.8 Å². The molecule has 0 aliphatic rings. The van der Waals surface area contributed by atoms with Gasteiger partial charge in [0, 0.05) is 18.2 Å². The summed E-state index contributed by atoms with van der Waals surface area (Å²) in [5, 5.41) is 5.95. The minimum atomic E-state index is -0.732. The highest BCUT2D eigenvalue weighted by Crippen LogP contribution is 2.16. The minimum absolute atomic E-state index is 0.00404. The van der Waals surface area contributed by atoms with Gasteiger partial charge >= 0.3 is 5.97 Å². The van der Waals surface area contributed by atoms with Crippen LogP contribution >= 0.6 is 0 Å². The highest BCUT2D eigenvalue weighted by molar-refractivity contribution is 6.01. The standard InChI is InChI=1S/C20H18N2O4/c1-2-11-22-19(24)10-9-17(21-22)20(25)26-13-18(23)16-8-7-14-5-3-4-6-15(14)12-16/h3-10,12H,2,11,13H2,1H3. The Hall–Kier alpha value is -3.28. The fourth-order valence-electron chi connectivity index (χ4n) is 2.58. The molecule has 0 spiro atoms. The normalized spacial score (nSPS) is 10.7. The molecule has 26 heavy (non-hydrogen) atoms. The maximum Gasteiger partial charge on any atom is 0.359 e. The van der Waals surface area contributed by atoms with Crippen molar-refractivity contribution in [2.75, 3.05) is 6.61 Å². The van der Waals surface area contributed by atoms with E-state index < -0.39 is 5.97 Å². The van der Waals surface area contributed by atoms with Crippen molar-refractivity contribution in [3.63, 3.8) is 0 Å². The SMILES string of the molecule is CCCn1nc(C(=O)OCC(=O)c2ccc3ccccc3c2)ccc1=O. The van der Waals surface area contributed by atoms with E-state index >= 15 is 0 Å². The van der Waals surface area contributed by atoms with Gasteiger partial charge in [-0.1, -0.05) is 43.3 Å². The summed E-state index contributed by atoms with van der Waals surface area (Å²) in [4.78, 5) is 36.0. The smallest absolute Gasteiger partial charge is 0.359 e. The van der Waals surface area contributed by atoms with Gasteiger partial charge in [-0.25, -0.2) is 9.48 Å². The summed E-state index contributed by atoms with van der Waals surface area (Å²) < 4.78 is 6.27. The number of Topliss-reactive ketones (excluding diaryl/α,β-unsaturated/α-hetero) is 1. The molecule has 2 aromatic carbocycles. The molecule has 6 heteroatoms. The molecule has 0 aliphatic heterocycles. The van der Waals surface area contributed by atoms with Gasteiger partial charge in [0.1, 0.15) is 0 Å². The quantitative estimate of drug-likeness (QED) is 0.504. The Labute approximate surface area is 150 Å². The molecule has 0 N–H and O–H groups in total. The summed E-state index contributed by atoms with van der Waals surface area (Å²) in [6.07, 6.45) is 0.714. The molecule has 0 unspecified atom stereocenters. The first-order valence-electron chi connectivity index (χ1n) is 8.36. The molecule has 0 fully saturated rings. The number of nitrogens with zero attached hydrogens (tertiary/aromatic N) is 2. The van der Waals surface area contributed by atoms with Crippen molar-refractivity contribution < 1.29 is 14.3 Å². The zero-order valence-electron chi connectivity index (χ0n) is 14.3. The van der Waals surface area contributed by atoms with Gasteiger partial charge in [0.25, 0.3) is 5.56 Å². The molecule has 0 atom stereocenters. The van der Waals surface area contributed by atoms with Gasteiger partial charge in [-0.3, -0.25) is 9.59 Å². The Morgan fingerprint density at radius 1 is 1.04 bits per heavy atom. The summed E-state index contributed by atoms with van der Waals surface area (Å²) in [6, 6.07) is 15.6. The number of fused-ring (bicyclic) bond motifs is 1. The number of hydrogen-bond donors (Lipinski definition) is 0. The Morgan fingerprint density at radius 2 is 1.81 bits per heavy atom. The molecule has 132 valence electrons. The highest BCUT2D eigenvalue weighted by Gasteiger charge is 2.14. The molecular formula is C20H18N2O4. The van der Waals surface area contributed by atoms with Gasteiger partial charge in [-0.05, 0) is 29.3 Å². The largest absolute Gasteiger partial charge is 0.453 e. The molecule has 0 bridgehead atoms. The Balaban J connectivity index is 1.69. The summed E-state index contributed by atoms with van der Waals surface area (Å²) in [5.41, 5.74) is 0.195. The molecule has 0 radical (unpaired) electrons. The van der Waals surface area contributed by atoms with Crippen molar-refractivity contribution in [2.24, 2.45) is 0 Å². The Bertz CT molecular complexity index is 1020. The first-order valence-corrected chi connectivity index (χ1v) is 8.36. The van der Waals surface area contributed by atoms with Crippen molar-refractivity contribution in [3.05, 3.63) is 76.2 Å². The van der Waals surface area contributed by atoms with E-state index in [9.17, 15) is 14.4 Å². The predicted octanol–water partition coefficient (Wildman–Crippen LogP) is 2.85. The Morgan fingerprint density at radius 3 is 2.58 bits per heavy atom. The molecule has 3 rings (SSSR count). The maximum absolute atomic E-state index is 12.3. The van der Waals surface area contributed by atoms with Crippen LogP contribution in [0.15, 0.2) is 59.4 Å². The van der Waals surface area contributed by atoms with Crippen molar-refractivity contribution >= 4 is 22.5 Å². The number of rotatable bonds is 6. The summed E-state index contributed by atoms with van der Waals surface area (Å²) in [6.45, 7) is 1.93. The zero-order valence-corrected chi connectivity index (χ0v) is 14.3. The third-order valence-electron chi connectivity index (χ3n) is 3.92. The van der Waals surface area contributed by atoms with Gasteiger partial charge in [0.05, 0.1) is 0 Å². The van der Waals surface area contributed by atoms with E-state index in [0.717, 1.165) is 10.8 Å². The average Bonchev–Trinajstić information content (AvgIpc) is 2.67. The van der Waals surface area contributed by atoms with Crippen LogP contribution in [0.3, 0.4) is 0 Å². The second kappa shape index (κ2) is 7.74. The molecule has 0 aliphatic carbocycles. The number of hydrogen-bond acceptors (Lipinski definition) is 5. The molecule has 6 nitrogen and oxygen atoms in total. The lowest BCUT2D eigenvalue weighted by Gasteiger charge is -2.07. The summed E-state index contributed by atoms with van der Waals surface area (Å²) in [7, 11) is 0. The second-order valence-electron chi connectivity index (χ2n) is 5.84. The van der Waals surface area contributed by atoms with E-state index in [-0.39, 0.29) is 23.6 Å². The lowest BCUT2D eigenvalue weighted by atomic mass is 10.0. The van der Waals surface area contributed by atoms with Crippen LogP contribution in [0, 0.1) is 0 Å². The molecule has 0 saturated heterocycles. The van der Waals surface area contributed by atoms with Gasteiger partial charge in [-0.2, -0.15) is 5.10 Å². The second-order valence-corrected chi connectivity index (χ2v) is 5.84. The van der Waals surface area contributed by atoms with Crippen LogP contribution in [0.5, 0.6) is 0 Å².